The highest BCUT2D eigenvalue weighted by atomic mass is 32.2. The third kappa shape index (κ3) is 3.53. The van der Waals surface area contributed by atoms with Gasteiger partial charge in [0.2, 0.25) is 10.0 Å². The van der Waals surface area contributed by atoms with E-state index in [9.17, 15) is 8.42 Å². The number of aromatic nitrogens is 1. The number of rotatable bonds is 4. The van der Waals surface area contributed by atoms with Crippen LogP contribution in [0.25, 0.3) is 11.3 Å². The second kappa shape index (κ2) is 6.61. The number of anilines is 2. The van der Waals surface area contributed by atoms with E-state index in [4.69, 9.17) is 4.98 Å². The molecule has 1 aromatic heterocycles. The molecule has 1 aromatic carbocycles. The zero-order valence-electron chi connectivity index (χ0n) is 14.4. The van der Waals surface area contributed by atoms with Gasteiger partial charge >= 0.3 is 0 Å². The van der Waals surface area contributed by atoms with E-state index in [0.29, 0.717) is 12.6 Å². The maximum atomic E-state index is 12.0. The molecule has 1 saturated carbocycles. The lowest BCUT2D eigenvalue weighted by molar-refractivity contribution is 0.592. The Balaban J connectivity index is 1.59. The summed E-state index contributed by atoms with van der Waals surface area (Å²) in [6, 6.07) is 6.57. The molecule has 5 nitrogen and oxygen atoms in total. The lowest BCUT2D eigenvalue weighted by Gasteiger charge is -2.29. The highest BCUT2D eigenvalue weighted by Crippen LogP contribution is 2.34. The molecule has 0 saturated heterocycles. The van der Waals surface area contributed by atoms with Crippen LogP contribution in [-0.4, -0.2) is 32.2 Å². The van der Waals surface area contributed by atoms with E-state index < -0.39 is 10.0 Å². The Kier molecular flexibility index (Phi) is 4.45. The SMILES string of the molecule is CS(=O)(=O)N1CCCc2cc(-c3csc(NC4CCCC4)n3)ccc21. The summed E-state index contributed by atoms with van der Waals surface area (Å²) in [5, 5.41) is 6.60. The van der Waals surface area contributed by atoms with Crippen LogP contribution in [0, 0.1) is 0 Å². The van der Waals surface area contributed by atoms with Crippen molar-refractivity contribution in [3.63, 3.8) is 0 Å². The van der Waals surface area contributed by atoms with E-state index in [1.165, 1.54) is 36.2 Å². The molecule has 2 heterocycles. The molecule has 4 rings (SSSR count). The Morgan fingerprint density at radius 1 is 1.24 bits per heavy atom. The molecular formula is C18H23N3O2S2. The van der Waals surface area contributed by atoms with E-state index in [0.717, 1.165) is 40.5 Å². The molecule has 1 fully saturated rings. The minimum atomic E-state index is -3.22. The molecule has 1 N–H and O–H groups in total. The lowest BCUT2D eigenvalue weighted by atomic mass is 10.00. The quantitative estimate of drug-likeness (QED) is 0.878. The fourth-order valence-electron chi connectivity index (χ4n) is 3.78. The minimum Gasteiger partial charge on any atom is -0.359 e. The molecule has 25 heavy (non-hydrogen) atoms. The first-order chi connectivity index (χ1) is 12.0. The second-order valence-corrected chi connectivity index (χ2v) is 9.71. The standard InChI is InChI=1S/C18H23N3O2S2/c1-25(22,23)21-10-4-5-14-11-13(8-9-17(14)21)16-12-24-18(20-16)19-15-6-2-3-7-15/h8-9,11-12,15H,2-7,10H2,1H3,(H,19,20). The molecule has 0 unspecified atom stereocenters. The summed E-state index contributed by atoms with van der Waals surface area (Å²) in [7, 11) is -3.22. The van der Waals surface area contributed by atoms with Gasteiger partial charge in [0.05, 0.1) is 17.6 Å². The fraction of sp³-hybridized carbons (Fsp3) is 0.500. The lowest BCUT2D eigenvalue weighted by Crippen LogP contribution is -2.34. The van der Waals surface area contributed by atoms with Gasteiger partial charge in [-0.1, -0.05) is 18.9 Å². The zero-order valence-corrected chi connectivity index (χ0v) is 16.0. The summed E-state index contributed by atoms with van der Waals surface area (Å²) in [6.07, 6.45) is 8.11. The first-order valence-corrected chi connectivity index (χ1v) is 11.6. The Hall–Kier alpha value is -1.60. The van der Waals surface area contributed by atoms with Crippen LogP contribution in [0.1, 0.15) is 37.7 Å². The topological polar surface area (TPSA) is 62.3 Å². The van der Waals surface area contributed by atoms with Crippen molar-refractivity contribution < 1.29 is 8.42 Å². The third-order valence-corrected chi connectivity index (χ3v) is 6.99. The number of aryl methyl sites for hydroxylation is 1. The van der Waals surface area contributed by atoms with Gasteiger partial charge in [-0.05, 0) is 43.4 Å². The van der Waals surface area contributed by atoms with Crippen LogP contribution in [0.2, 0.25) is 0 Å². The van der Waals surface area contributed by atoms with E-state index in [2.05, 4.69) is 16.8 Å². The molecule has 0 radical (unpaired) electrons. The molecular weight excluding hydrogens is 354 g/mol. The smallest absolute Gasteiger partial charge is 0.232 e. The van der Waals surface area contributed by atoms with E-state index >= 15 is 0 Å². The van der Waals surface area contributed by atoms with Gasteiger partial charge in [-0.2, -0.15) is 0 Å². The van der Waals surface area contributed by atoms with Crippen molar-refractivity contribution in [2.24, 2.45) is 0 Å². The first-order valence-electron chi connectivity index (χ1n) is 8.84. The predicted molar refractivity (Wildman–Crippen MR) is 104 cm³/mol. The van der Waals surface area contributed by atoms with Crippen molar-refractivity contribution >= 4 is 32.2 Å². The summed E-state index contributed by atoms with van der Waals surface area (Å²) in [4.78, 5) is 4.74. The van der Waals surface area contributed by atoms with Gasteiger partial charge in [0.15, 0.2) is 5.13 Å². The van der Waals surface area contributed by atoms with Crippen LogP contribution in [0.5, 0.6) is 0 Å². The third-order valence-electron chi connectivity index (χ3n) is 5.04. The summed E-state index contributed by atoms with van der Waals surface area (Å²) in [5.74, 6) is 0. The van der Waals surface area contributed by atoms with E-state index in [1.54, 1.807) is 11.3 Å². The van der Waals surface area contributed by atoms with Gasteiger partial charge in [0, 0.05) is 23.5 Å². The van der Waals surface area contributed by atoms with Crippen molar-refractivity contribution in [2.75, 3.05) is 22.4 Å². The molecule has 0 spiro atoms. The van der Waals surface area contributed by atoms with Crippen LogP contribution in [0.4, 0.5) is 10.8 Å². The number of nitrogens with one attached hydrogen (secondary N) is 1. The van der Waals surface area contributed by atoms with Gasteiger partial charge in [0.25, 0.3) is 0 Å². The Morgan fingerprint density at radius 2 is 2.04 bits per heavy atom. The van der Waals surface area contributed by atoms with E-state index in [-0.39, 0.29) is 0 Å². The molecule has 2 aliphatic rings. The summed E-state index contributed by atoms with van der Waals surface area (Å²) < 4.78 is 25.5. The van der Waals surface area contributed by atoms with Gasteiger partial charge in [-0.3, -0.25) is 4.31 Å². The molecule has 7 heteroatoms. The Bertz CT molecular complexity index is 870. The average Bonchev–Trinajstić information content (AvgIpc) is 3.25. The molecule has 1 aliphatic heterocycles. The molecule has 2 aromatic rings. The highest BCUT2D eigenvalue weighted by Gasteiger charge is 2.24. The Labute approximate surface area is 153 Å². The van der Waals surface area contributed by atoms with Crippen molar-refractivity contribution in [3.05, 3.63) is 29.1 Å². The number of nitrogens with zero attached hydrogens (tertiary/aromatic N) is 2. The number of hydrogen-bond donors (Lipinski definition) is 1. The molecule has 0 amide bonds. The van der Waals surface area contributed by atoms with Crippen LogP contribution in [0.3, 0.4) is 0 Å². The maximum absolute atomic E-state index is 12.0. The largest absolute Gasteiger partial charge is 0.359 e. The van der Waals surface area contributed by atoms with Crippen molar-refractivity contribution in [1.29, 1.82) is 0 Å². The minimum absolute atomic E-state index is 0.561. The summed E-state index contributed by atoms with van der Waals surface area (Å²) in [6.45, 7) is 0.567. The normalized spacial score (nSPS) is 18.4. The van der Waals surface area contributed by atoms with Crippen molar-refractivity contribution in [3.8, 4) is 11.3 Å². The first kappa shape index (κ1) is 16.8. The number of hydrogen-bond acceptors (Lipinski definition) is 5. The summed E-state index contributed by atoms with van der Waals surface area (Å²) >= 11 is 1.64. The van der Waals surface area contributed by atoms with Gasteiger partial charge in [-0.15, -0.1) is 11.3 Å². The average molecular weight is 378 g/mol. The molecule has 1 aliphatic carbocycles. The van der Waals surface area contributed by atoms with Crippen LogP contribution < -0.4 is 9.62 Å². The zero-order chi connectivity index (χ0) is 17.4. The fourth-order valence-corrected chi connectivity index (χ4v) is 5.58. The van der Waals surface area contributed by atoms with Gasteiger partial charge < -0.3 is 5.32 Å². The second-order valence-electron chi connectivity index (χ2n) is 6.95. The Morgan fingerprint density at radius 3 is 2.80 bits per heavy atom. The van der Waals surface area contributed by atoms with Crippen LogP contribution in [-0.2, 0) is 16.4 Å². The maximum Gasteiger partial charge on any atom is 0.232 e. The van der Waals surface area contributed by atoms with Crippen LogP contribution in [0.15, 0.2) is 23.6 Å². The molecule has 134 valence electrons. The van der Waals surface area contributed by atoms with E-state index in [1.807, 2.05) is 12.1 Å². The predicted octanol–water partition coefficient (Wildman–Crippen LogP) is 3.88. The van der Waals surface area contributed by atoms with Crippen LogP contribution >= 0.6 is 11.3 Å². The number of sulfonamides is 1. The highest BCUT2D eigenvalue weighted by molar-refractivity contribution is 7.92. The van der Waals surface area contributed by atoms with Gasteiger partial charge in [-0.25, -0.2) is 13.4 Å². The number of fused-ring (bicyclic) bond motifs is 1. The van der Waals surface area contributed by atoms with Crippen molar-refractivity contribution in [1.82, 2.24) is 4.98 Å². The molecule has 0 atom stereocenters. The molecule has 0 bridgehead atoms. The number of thiazole rings is 1. The van der Waals surface area contributed by atoms with Crippen molar-refractivity contribution in [2.45, 2.75) is 44.6 Å². The summed E-state index contributed by atoms with van der Waals surface area (Å²) in [5.41, 5.74) is 3.93. The number of benzene rings is 1. The van der Waals surface area contributed by atoms with Gasteiger partial charge in [0.1, 0.15) is 0 Å². The monoisotopic (exact) mass is 377 g/mol.